The van der Waals surface area contributed by atoms with Crippen LogP contribution in [0.2, 0.25) is 0 Å². The molecule has 0 aliphatic rings. The average molecular weight is 219 g/mol. The smallest absolute Gasteiger partial charge is 0.179 e. The number of nitrogens with zero attached hydrogens (tertiary/aromatic N) is 2. The molecule has 2 aromatic heterocycles. The van der Waals surface area contributed by atoms with Crippen LogP contribution in [0.25, 0.3) is 11.2 Å². The number of hydrogen-bond donors (Lipinski definition) is 3. The highest BCUT2D eigenvalue weighted by molar-refractivity contribution is 5.72. The van der Waals surface area contributed by atoms with Crippen LogP contribution in [0.3, 0.4) is 0 Å². The Morgan fingerprint density at radius 3 is 2.81 bits per heavy atom. The number of nitrogens with two attached hydrogens (primary N) is 1. The van der Waals surface area contributed by atoms with E-state index < -0.39 is 0 Å². The zero-order valence-corrected chi connectivity index (χ0v) is 9.83. The number of H-pyrrole nitrogens is 1. The molecule has 86 valence electrons. The van der Waals surface area contributed by atoms with Crippen molar-refractivity contribution in [2.45, 2.75) is 26.3 Å². The molecule has 0 bridgehead atoms. The van der Waals surface area contributed by atoms with Crippen molar-refractivity contribution >= 4 is 17.0 Å². The average Bonchev–Trinajstić information content (AvgIpc) is 2.61. The molecule has 2 rings (SSSR count). The number of imidazole rings is 1. The van der Waals surface area contributed by atoms with Gasteiger partial charge in [0.1, 0.15) is 11.6 Å². The first kappa shape index (κ1) is 10.9. The van der Waals surface area contributed by atoms with Gasteiger partial charge in [-0.3, -0.25) is 0 Å². The third-order valence-electron chi connectivity index (χ3n) is 2.58. The van der Waals surface area contributed by atoms with Crippen LogP contribution in [0.4, 0.5) is 5.82 Å². The van der Waals surface area contributed by atoms with Gasteiger partial charge < -0.3 is 16.0 Å². The van der Waals surface area contributed by atoms with E-state index in [1.807, 2.05) is 6.07 Å². The minimum Gasteiger partial charge on any atom is -0.384 e. The molecule has 0 radical (unpaired) electrons. The lowest BCUT2D eigenvalue weighted by atomic mass is 10.1. The normalized spacial score (nSPS) is 12.2. The minimum atomic E-state index is -0.190. The predicted molar refractivity (Wildman–Crippen MR) is 65.0 cm³/mol. The van der Waals surface area contributed by atoms with Crippen LogP contribution in [0.15, 0.2) is 12.1 Å². The van der Waals surface area contributed by atoms with Gasteiger partial charge >= 0.3 is 0 Å². The van der Waals surface area contributed by atoms with E-state index in [0.717, 1.165) is 17.9 Å². The zero-order valence-electron chi connectivity index (χ0n) is 9.83. The second-order valence-corrected chi connectivity index (χ2v) is 4.35. The molecule has 5 nitrogen and oxygen atoms in total. The number of aromatic nitrogens is 3. The van der Waals surface area contributed by atoms with E-state index in [-0.39, 0.29) is 5.54 Å². The molecule has 0 aliphatic carbocycles. The Hall–Kier alpha value is -1.62. The van der Waals surface area contributed by atoms with Gasteiger partial charge in [0.05, 0.1) is 11.1 Å². The van der Waals surface area contributed by atoms with Gasteiger partial charge in [-0.15, -0.1) is 0 Å². The van der Waals surface area contributed by atoms with Crippen LogP contribution in [-0.4, -0.2) is 21.5 Å². The molecule has 0 atom stereocenters. The minimum absolute atomic E-state index is 0.190. The van der Waals surface area contributed by atoms with Crippen LogP contribution in [0.5, 0.6) is 0 Å². The maximum Gasteiger partial charge on any atom is 0.179 e. The van der Waals surface area contributed by atoms with E-state index in [9.17, 15) is 0 Å². The van der Waals surface area contributed by atoms with Gasteiger partial charge in [-0.05, 0) is 32.5 Å². The molecule has 0 amide bonds. The molecule has 0 saturated heterocycles. The van der Waals surface area contributed by atoms with E-state index in [2.05, 4.69) is 41.0 Å². The van der Waals surface area contributed by atoms with Gasteiger partial charge in [0.15, 0.2) is 5.65 Å². The molecule has 16 heavy (non-hydrogen) atoms. The third kappa shape index (κ3) is 1.86. The Bertz CT molecular complexity index is 500. The standard InChI is InChI=1S/C11H17N5/c1-4-13-11(2,3)10-14-7-5-6-8(12)15-9(7)16-10/h5-6,13H,4H2,1-3H3,(H3,12,14,15,16). The summed E-state index contributed by atoms with van der Waals surface area (Å²) in [6.45, 7) is 7.12. The van der Waals surface area contributed by atoms with Crippen molar-refractivity contribution in [3.05, 3.63) is 18.0 Å². The van der Waals surface area contributed by atoms with Gasteiger partial charge in [-0.25, -0.2) is 9.97 Å². The molecule has 4 N–H and O–H groups in total. The lowest BCUT2D eigenvalue weighted by Gasteiger charge is -2.22. The molecule has 2 heterocycles. The Balaban J connectivity index is 2.46. The van der Waals surface area contributed by atoms with E-state index in [1.54, 1.807) is 6.07 Å². The van der Waals surface area contributed by atoms with Gasteiger partial charge in [-0.2, -0.15) is 0 Å². The van der Waals surface area contributed by atoms with Crippen LogP contribution >= 0.6 is 0 Å². The number of nitrogen functional groups attached to an aromatic ring is 1. The maximum atomic E-state index is 5.62. The van der Waals surface area contributed by atoms with E-state index in [4.69, 9.17) is 5.73 Å². The van der Waals surface area contributed by atoms with E-state index >= 15 is 0 Å². The number of rotatable bonds is 3. The molecule has 0 aromatic carbocycles. The molecule has 0 aliphatic heterocycles. The number of hydrogen-bond acceptors (Lipinski definition) is 4. The summed E-state index contributed by atoms with van der Waals surface area (Å²) in [7, 11) is 0. The van der Waals surface area contributed by atoms with Crippen molar-refractivity contribution in [3.63, 3.8) is 0 Å². The van der Waals surface area contributed by atoms with Crippen LogP contribution < -0.4 is 11.1 Å². The summed E-state index contributed by atoms with van der Waals surface area (Å²) in [4.78, 5) is 11.9. The van der Waals surface area contributed by atoms with Gasteiger partial charge in [0, 0.05) is 0 Å². The largest absolute Gasteiger partial charge is 0.384 e. The molecular formula is C11H17N5. The third-order valence-corrected chi connectivity index (χ3v) is 2.58. The van der Waals surface area contributed by atoms with Crippen molar-refractivity contribution in [1.29, 1.82) is 0 Å². The Labute approximate surface area is 94.5 Å². The van der Waals surface area contributed by atoms with Gasteiger partial charge in [0.2, 0.25) is 0 Å². The first-order valence-electron chi connectivity index (χ1n) is 5.40. The molecule has 2 aromatic rings. The number of anilines is 1. The fourth-order valence-corrected chi connectivity index (χ4v) is 1.73. The summed E-state index contributed by atoms with van der Waals surface area (Å²) in [5, 5.41) is 3.36. The monoisotopic (exact) mass is 219 g/mol. The summed E-state index contributed by atoms with van der Waals surface area (Å²) in [5.41, 5.74) is 7.01. The van der Waals surface area contributed by atoms with Crippen LogP contribution in [-0.2, 0) is 5.54 Å². The van der Waals surface area contributed by atoms with E-state index in [0.29, 0.717) is 11.5 Å². The summed E-state index contributed by atoms with van der Waals surface area (Å²) >= 11 is 0. The quantitative estimate of drug-likeness (QED) is 0.728. The first-order valence-corrected chi connectivity index (χ1v) is 5.40. The van der Waals surface area contributed by atoms with Crippen molar-refractivity contribution in [3.8, 4) is 0 Å². The van der Waals surface area contributed by atoms with Gasteiger partial charge in [-0.1, -0.05) is 6.92 Å². The maximum absolute atomic E-state index is 5.62. The molecule has 0 fully saturated rings. The van der Waals surface area contributed by atoms with Crippen LogP contribution in [0, 0.1) is 0 Å². The highest BCUT2D eigenvalue weighted by atomic mass is 15.1. The number of fused-ring (bicyclic) bond motifs is 1. The Kier molecular flexibility index (Phi) is 2.55. The molecule has 5 heteroatoms. The summed E-state index contributed by atoms with van der Waals surface area (Å²) in [5.74, 6) is 1.37. The van der Waals surface area contributed by atoms with Crippen molar-refractivity contribution in [2.75, 3.05) is 12.3 Å². The fourth-order valence-electron chi connectivity index (χ4n) is 1.73. The van der Waals surface area contributed by atoms with Crippen molar-refractivity contribution < 1.29 is 0 Å². The van der Waals surface area contributed by atoms with Crippen LogP contribution in [0.1, 0.15) is 26.6 Å². The predicted octanol–water partition coefficient (Wildman–Crippen LogP) is 1.38. The summed E-state index contributed by atoms with van der Waals surface area (Å²) in [6, 6.07) is 3.67. The topological polar surface area (TPSA) is 79.6 Å². The molecule has 0 saturated carbocycles. The number of aromatic amines is 1. The second-order valence-electron chi connectivity index (χ2n) is 4.35. The second kappa shape index (κ2) is 3.75. The highest BCUT2D eigenvalue weighted by Gasteiger charge is 2.23. The lowest BCUT2D eigenvalue weighted by Crippen LogP contribution is -2.37. The molecule has 0 unspecified atom stereocenters. The Morgan fingerprint density at radius 1 is 1.38 bits per heavy atom. The Morgan fingerprint density at radius 2 is 2.12 bits per heavy atom. The van der Waals surface area contributed by atoms with Gasteiger partial charge in [0.25, 0.3) is 0 Å². The highest BCUT2D eigenvalue weighted by Crippen LogP contribution is 2.20. The SMILES string of the molecule is CCNC(C)(C)c1nc2nc(N)ccc2[nH]1. The number of pyridine rings is 1. The van der Waals surface area contributed by atoms with Crippen molar-refractivity contribution in [2.24, 2.45) is 0 Å². The number of nitrogens with one attached hydrogen (secondary N) is 2. The van der Waals surface area contributed by atoms with Crippen molar-refractivity contribution in [1.82, 2.24) is 20.3 Å². The molecule has 0 spiro atoms. The lowest BCUT2D eigenvalue weighted by molar-refractivity contribution is 0.395. The fraction of sp³-hybridized carbons (Fsp3) is 0.455. The first-order chi connectivity index (χ1) is 7.53. The molecular weight excluding hydrogens is 202 g/mol. The van der Waals surface area contributed by atoms with E-state index in [1.165, 1.54) is 0 Å². The summed E-state index contributed by atoms with van der Waals surface area (Å²) < 4.78 is 0. The zero-order chi connectivity index (χ0) is 11.8. The summed E-state index contributed by atoms with van der Waals surface area (Å²) in [6.07, 6.45) is 0.